The summed E-state index contributed by atoms with van der Waals surface area (Å²) in [4.78, 5) is 15.9. The van der Waals surface area contributed by atoms with Gasteiger partial charge in [0.05, 0.1) is 11.8 Å². The van der Waals surface area contributed by atoms with Crippen molar-refractivity contribution in [1.29, 1.82) is 0 Å². The van der Waals surface area contributed by atoms with Gasteiger partial charge in [-0.25, -0.2) is 0 Å². The number of hydrogen-bond donors (Lipinski definition) is 0. The van der Waals surface area contributed by atoms with Crippen molar-refractivity contribution in [2.24, 2.45) is 0 Å². The average Bonchev–Trinajstić information content (AvgIpc) is 3.41. The summed E-state index contributed by atoms with van der Waals surface area (Å²) < 4.78 is 5.65. The first-order valence-corrected chi connectivity index (χ1v) is 10.0. The molecule has 0 radical (unpaired) electrons. The lowest BCUT2D eigenvalue weighted by molar-refractivity contribution is -0.129. The predicted octanol–water partition coefficient (Wildman–Crippen LogP) is 4.25. The van der Waals surface area contributed by atoms with Gasteiger partial charge in [0.15, 0.2) is 0 Å². The van der Waals surface area contributed by atoms with E-state index in [1.54, 1.807) is 11.3 Å². The number of carbonyl (C=O) groups is 1. The van der Waals surface area contributed by atoms with Crippen molar-refractivity contribution >= 4 is 29.0 Å². The Morgan fingerprint density at radius 1 is 1.24 bits per heavy atom. The maximum absolute atomic E-state index is 12.6. The van der Waals surface area contributed by atoms with Crippen LogP contribution < -0.4 is 0 Å². The number of carbonyl (C=O) groups excluding carboxylic acids is 1. The van der Waals surface area contributed by atoms with Crippen LogP contribution in [0.3, 0.4) is 0 Å². The Labute approximate surface area is 154 Å². The van der Waals surface area contributed by atoms with E-state index in [0.29, 0.717) is 16.9 Å². The van der Waals surface area contributed by atoms with Crippen LogP contribution in [-0.2, 0) is 4.79 Å². The highest BCUT2D eigenvalue weighted by Crippen LogP contribution is 2.35. The molecule has 4 rings (SSSR count). The molecule has 7 heteroatoms. The van der Waals surface area contributed by atoms with Crippen molar-refractivity contribution in [2.45, 2.75) is 24.1 Å². The highest BCUT2D eigenvalue weighted by Gasteiger charge is 2.30. The van der Waals surface area contributed by atoms with Crippen LogP contribution in [0.1, 0.15) is 23.8 Å². The van der Waals surface area contributed by atoms with Gasteiger partial charge < -0.3 is 9.32 Å². The molecule has 0 spiro atoms. The van der Waals surface area contributed by atoms with Gasteiger partial charge in [-0.1, -0.05) is 36.0 Å². The van der Waals surface area contributed by atoms with Gasteiger partial charge in [0.1, 0.15) is 0 Å². The third-order valence-corrected chi connectivity index (χ3v) is 5.97. The largest absolute Gasteiger partial charge is 0.411 e. The summed E-state index contributed by atoms with van der Waals surface area (Å²) in [5, 5.41) is 10.6. The van der Waals surface area contributed by atoms with Crippen molar-refractivity contribution in [1.82, 2.24) is 15.1 Å². The van der Waals surface area contributed by atoms with Crippen LogP contribution in [0.15, 0.2) is 57.5 Å². The zero-order chi connectivity index (χ0) is 17.1. The molecule has 128 valence electrons. The van der Waals surface area contributed by atoms with Crippen molar-refractivity contribution in [3.05, 3.63) is 52.7 Å². The van der Waals surface area contributed by atoms with Gasteiger partial charge in [-0.05, 0) is 36.4 Å². The van der Waals surface area contributed by atoms with Gasteiger partial charge in [-0.2, -0.15) is 0 Å². The predicted molar refractivity (Wildman–Crippen MR) is 98.5 cm³/mol. The Hall–Kier alpha value is -2.12. The van der Waals surface area contributed by atoms with Gasteiger partial charge in [0, 0.05) is 17.0 Å². The summed E-state index contributed by atoms with van der Waals surface area (Å²) in [5.41, 5.74) is 0.880. The van der Waals surface area contributed by atoms with E-state index in [2.05, 4.69) is 21.6 Å². The van der Waals surface area contributed by atoms with Gasteiger partial charge >= 0.3 is 0 Å². The first-order chi connectivity index (χ1) is 12.3. The van der Waals surface area contributed by atoms with Crippen molar-refractivity contribution in [3.8, 4) is 11.5 Å². The average molecular weight is 371 g/mol. The molecule has 1 aliphatic rings. The zero-order valence-corrected chi connectivity index (χ0v) is 15.1. The van der Waals surface area contributed by atoms with Gasteiger partial charge in [0.2, 0.25) is 11.8 Å². The Balaban J connectivity index is 1.38. The van der Waals surface area contributed by atoms with Crippen LogP contribution in [0.5, 0.6) is 0 Å². The zero-order valence-electron chi connectivity index (χ0n) is 13.5. The van der Waals surface area contributed by atoms with Crippen LogP contribution in [0.25, 0.3) is 11.5 Å². The maximum Gasteiger partial charge on any atom is 0.277 e. The molecule has 5 nitrogen and oxygen atoms in total. The summed E-state index contributed by atoms with van der Waals surface area (Å²) in [6.07, 6.45) is 2.09. The second-order valence-electron chi connectivity index (χ2n) is 5.79. The summed E-state index contributed by atoms with van der Waals surface area (Å²) in [6, 6.07) is 14.0. The number of thiophene rings is 1. The number of likely N-dealkylation sites (tertiary alicyclic amines) is 1. The summed E-state index contributed by atoms with van der Waals surface area (Å²) in [5.74, 6) is 0.923. The minimum atomic E-state index is 0.125. The smallest absolute Gasteiger partial charge is 0.277 e. The first-order valence-electron chi connectivity index (χ1n) is 8.16. The number of hydrogen-bond acceptors (Lipinski definition) is 6. The van der Waals surface area contributed by atoms with E-state index in [0.717, 1.165) is 24.9 Å². The number of amides is 1. The minimum absolute atomic E-state index is 0.125. The molecule has 0 saturated carbocycles. The molecular weight excluding hydrogens is 354 g/mol. The fourth-order valence-electron chi connectivity index (χ4n) is 3.01. The van der Waals surface area contributed by atoms with E-state index in [1.165, 1.54) is 16.6 Å². The molecular formula is C18H17N3O2S2. The van der Waals surface area contributed by atoms with E-state index >= 15 is 0 Å². The first kappa shape index (κ1) is 16.4. The normalized spacial score (nSPS) is 17.1. The van der Waals surface area contributed by atoms with E-state index in [9.17, 15) is 4.79 Å². The van der Waals surface area contributed by atoms with Crippen LogP contribution in [0.2, 0.25) is 0 Å². The molecule has 1 fully saturated rings. The molecule has 1 atom stereocenters. The third-order valence-electron chi connectivity index (χ3n) is 4.19. The van der Waals surface area contributed by atoms with Crippen molar-refractivity contribution < 1.29 is 9.21 Å². The van der Waals surface area contributed by atoms with Crippen molar-refractivity contribution in [3.63, 3.8) is 0 Å². The van der Waals surface area contributed by atoms with Crippen LogP contribution in [0, 0.1) is 0 Å². The lowest BCUT2D eigenvalue weighted by Crippen LogP contribution is -2.31. The Morgan fingerprint density at radius 2 is 2.12 bits per heavy atom. The number of benzene rings is 1. The molecule has 2 aromatic heterocycles. The molecule has 1 saturated heterocycles. The molecule has 0 bridgehead atoms. The Morgan fingerprint density at radius 3 is 2.92 bits per heavy atom. The fourth-order valence-corrected chi connectivity index (χ4v) is 4.54. The molecule has 0 aliphatic carbocycles. The van der Waals surface area contributed by atoms with E-state index in [-0.39, 0.29) is 11.9 Å². The molecule has 1 aliphatic heterocycles. The van der Waals surface area contributed by atoms with Crippen LogP contribution in [-0.4, -0.2) is 33.3 Å². The van der Waals surface area contributed by atoms with Gasteiger partial charge in [-0.15, -0.1) is 21.5 Å². The number of aromatic nitrogens is 2. The van der Waals surface area contributed by atoms with Gasteiger partial charge in [0.25, 0.3) is 5.22 Å². The van der Waals surface area contributed by atoms with E-state index < -0.39 is 0 Å². The summed E-state index contributed by atoms with van der Waals surface area (Å²) >= 11 is 3.02. The third kappa shape index (κ3) is 3.62. The monoisotopic (exact) mass is 371 g/mol. The SMILES string of the molecule is O=C(CSc1nnc(-c2ccccc2)o1)N1CCCC1c1cccs1. The fraction of sp³-hybridized carbons (Fsp3) is 0.278. The lowest BCUT2D eigenvalue weighted by atomic mass is 10.2. The lowest BCUT2D eigenvalue weighted by Gasteiger charge is -2.23. The molecule has 25 heavy (non-hydrogen) atoms. The van der Waals surface area contributed by atoms with Crippen LogP contribution >= 0.6 is 23.1 Å². The highest BCUT2D eigenvalue weighted by atomic mass is 32.2. The van der Waals surface area contributed by atoms with Crippen LogP contribution in [0.4, 0.5) is 0 Å². The standard InChI is InChI=1S/C18H17N3O2S2/c22-16(21-10-4-8-14(21)15-9-5-11-24-15)12-25-18-20-19-17(23-18)13-6-2-1-3-7-13/h1-3,5-7,9,11,14H,4,8,10,12H2. The number of rotatable bonds is 5. The molecule has 1 unspecified atom stereocenters. The molecule has 3 aromatic rings. The number of nitrogens with zero attached hydrogens (tertiary/aromatic N) is 3. The molecule has 1 amide bonds. The Bertz CT molecular complexity index is 833. The number of thioether (sulfide) groups is 1. The molecule has 3 heterocycles. The molecule has 1 aromatic carbocycles. The van der Waals surface area contributed by atoms with E-state index in [1.807, 2.05) is 41.3 Å². The highest BCUT2D eigenvalue weighted by molar-refractivity contribution is 7.99. The molecule has 0 N–H and O–H groups in total. The quantitative estimate of drug-likeness (QED) is 0.628. The Kier molecular flexibility index (Phi) is 4.85. The maximum atomic E-state index is 12.6. The summed E-state index contributed by atoms with van der Waals surface area (Å²) in [6.45, 7) is 0.820. The van der Waals surface area contributed by atoms with E-state index in [4.69, 9.17) is 4.42 Å². The topological polar surface area (TPSA) is 59.2 Å². The second-order valence-corrected chi connectivity index (χ2v) is 7.69. The van der Waals surface area contributed by atoms with Crippen molar-refractivity contribution in [2.75, 3.05) is 12.3 Å². The summed E-state index contributed by atoms with van der Waals surface area (Å²) in [7, 11) is 0. The van der Waals surface area contributed by atoms with Gasteiger partial charge in [-0.3, -0.25) is 4.79 Å². The second kappa shape index (κ2) is 7.41. The minimum Gasteiger partial charge on any atom is -0.411 e.